The zero-order chi connectivity index (χ0) is 12.1. The van der Waals surface area contributed by atoms with Gasteiger partial charge in [0.15, 0.2) is 5.75 Å². The van der Waals surface area contributed by atoms with Crippen LogP contribution in [0.5, 0.6) is 11.6 Å². The number of rotatable bonds is 4. The number of hydrogen-bond acceptors (Lipinski definition) is 4. The normalized spacial score (nSPS) is 9.88. The quantitative estimate of drug-likeness (QED) is 0.805. The molecule has 0 fully saturated rings. The molecule has 2 aromatic heterocycles. The summed E-state index contributed by atoms with van der Waals surface area (Å²) in [4.78, 5) is 4.03. The van der Waals surface area contributed by atoms with Crippen molar-refractivity contribution >= 4 is 0 Å². The highest BCUT2D eigenvalue weighted by Gasteiger charge is 2.02. The largest absolute Gasteiger partial charge is 0.436 e. The van der Waals surface area contributed by atoms with E-state index in [1.165, 1.54) is 0 Å². The summed E-state index contributed by atoms with van der Waals surface area (Å²) >= 11 is 0. The first kappa shape index (κ1) is 11.1. The second-order valence-corrected chi connectivity index (χ2v) is 3.54. The minimum absolute atomic E-state index is 0.403. The molecule has 5 heteroatoms. The van der Waals surface area contributed by atoms with Gasteiger partial charge >= 0.3 is 0 Å². The van der Waals surface area contributed by atoms with E-state index in [2.05, 4.69) is 17.0 Å². The third kappa shape index (κ3) is 2.82. The summed E-state index contributed by atoms with van der Waals surface area (Å²) in [6, 6.07) is 5.26. The summed E-state index contributed by atoms with van der Waals surface area (Å²) in [7, 11) is 0. The van der Waals surface area contributed by atoms with E-state index in [0.29, 0.717) is 17.2 Å². The lowest BCUT2D eigenvalue weighted by atomic mass is 10.3. The van der Waals surface area contributed by atoms with Crippen LogP contribution >= 0.6 is 0 Å². The fourth-order valence-electron chi connectivity index (χ4n) is 1.40. The van der Waals surface area contributed by atoms with E-state index in [1.807, 2.05) is 16.9 Å². The lowest BCUT2D eigenvalue weighted by molar-refractivity contribution is 0.461. The van der Waals surface area contributed by atoms with Crippen LogP contribution in [0.1, 0.15) is 18.9 Å². The average Bonchev–Trinajstić information content (AvgIpc) is 2.77. The molecule has 86 valence electrons. The summed E-state index contributed by atoms with van der Waals surface area (Å²) < 4.78 is 7.31. The van der Waals surface area contributed by atoms with Crippen molar-refractivity contribution in [3.8, 4) is 17.7 Å². The number of nitrogens with zero attached hydrogens (tertiary/aromatic N) is 4. The van der Waals surface area contributed by atoms with Crippen LogP contribution in [-0.2, 0) is 6.54 Å². The summed E-state index contributed by atoms with van der Waals surface area (Å²) in [6.45, 7) is 2.94. The molecule has 0 spiro atoms. The number of hydrogen-bond donors (Lipinski definition) is 0. The van der Waals surface area contributed by atoms with Crippen molar-refractivity contribution in [2.45, 2.75) is 19.9 Å². The van der Waals surface area contributed by atoms with Crippen molar-refractivity contribution in [1.29, 1.82) is 5.26 Å². The zero-order valence-electron chi connectivity index (χ0n) is 9.50. The number of nitriles is 1. The molecular weight excluding hydrogens is 216 g/mol. The molecule has 2 rings (SSSR count). The third-order valence-electron chi connectivity index (χ3n) is 2.15. The van der Waals surface area contributed by atoms with Gasteiger partial charge in [-0.1, -0.05) is 6.92 Å². The van der Waals surface area contributed by atoms with Crippen molar-refractivity contribution in [2.24, 2.45) is 0 Å². The number of aryl methyl sites for hydroxylation is 1. The van der Waals surface area contributed by atoms with E-state index in [9.17, 15) is 0 Å². The smallest absolute Gasteiger partial charge is 0.220 e. The SMILES string of the molecule is CCCn1cc(Oc2cc(C#N)ccn2)cn1. The summed E-state index contributed by atoms with van der Waals surface area (Å²) in [5, 5.41) is 12.9. The number of ether oxygens (including phenoxy) is 1. The third-order valence-corrected chi connectivity index (χ3v) is 2.15. The van der Waals surface area contributed by atoms with E-state index in [1.54, 1.807) is 24.5 Å². The van der Waals surface area contributed by atoms with Crippen LogP contribution in [0.3, 0.4) is 0 Å². The maximum absolute atomic E-state index is 8.75. The molecule has 2 aromatic rings. The summed E-state index contributed by atoms with van der Waals surface area (Å²) in [6.07, 6.45) is 6.01. The minimum Gasteiger partial charge on any atom is -0.436 e. The van der Waals surface area contributed by atoms with Crippen molar-refractivity contribution in [1.82, 2.24) is 14.8 Å². The van der Waals surface area contributed by atoms with Gasteiger partial charge in [0, 0.05) is 18.8 Å². The molecule has 17 heavy (non-hydrogen) atoms. The molecular formula is C12H12N4O. The van der Waals surface area contributed by atoms with Crippen LogP contribution in [0.15, 0.2) is 30.7 Å². The van der Waals surface area contributed by atoms with Crippen LogP contribution in [-0.4, -0.2) is 14.8 Å². The second kappa shape index (κ2) is 5.12. The predicted octanol–water partition coefficient (Wildman–Crippen LogP) is 2.35. The van der Waals surface area contributed by atoms with E-state index in [-0.39, 0.29) is 0 Å². The molecule has 0 bridgehead atoms. The Balaban J connectivity index is 2.11. The van der Waals surface area contributed by atoms with Gasteiger partial charge in [0.2, 0.25) is 5.88 Å². The Morgan fingerprint density at radius 2 is 2.41 bits per heavy atom. The molecule has 0 aliphatic rings. The van der Waals surface area contributed by atoms with Crippen molar-refractivity contribution < 1.29 is 4.74 Å². The lowest BCUT2D eigenvalue weighted by Gasteiger charge is -2.00. The molecule has 0 N–H and O–H groups in total. The molecule has 0 saturated carbocycles. The Morgan fingerprint density at radius 1 is 1.53 bits per heavy atom. The Bertz CT molecular complexity index is 541. The Hall–Kier alpha value is -2.35. The van der Waals surface area contributed by atoms with Gasteiger partial charge in [0.25, 0.3) is 0 Å². The molecule has 0 saturated heterocycles. The minimum atomic E-state index is 0.403. The number of aromatic nitrogens is 3. The Kier molecular flexibility index (Phi) is 3.36. The van der Waals surface area contributed by atoms with Crippen LogP contribution in [0.2, 0.25) is 0 Å². The van der Waals surface area contributed by atoms with E-state index < -0.39 is 0 Å². The molecule has 0 aliphatic heterocycles. The fraction of sp³-hybridized carbons (Fsp3) is 0.250. The first-order chi connectivity index (χ1) is 8.31. The average molecular weight is 228 g/mol. The summed E-state index contributed by atoms with van der Waals surface area (Å²) in [5.41, 5.74) is 0.524. The maximum atomic E-state index is 8.75. The predicted molar refractivity (Wildman–Crippen MR) is 61.5 cm³/mol. The van der Waals surface area contributed by atoms with Gasteiger partial charge in [-0.2, -0.15) is 10.4 Å². The Morgan fingerprint density at radius 3 is 3.18 bits per heavy atom. The van der Waals surface area contributed by atoms with Crippen LogP contribution in [0, 0.1) is 11.3 Å². The van der Waals surface area contributed by atoms with Gasteiger partial charge < -0.3 is 4.74 Å². The van der Waals surface area contributed by atoms with E-state index in [0.717, 1.165) is 13.0 Å². The standard InChI is InChI=1S/C12H12N4O/c1-2-5-16-9-11(8-15-16)17-12-6-10(7-13)3-4-14-12/h3-4,6,8-9H,2,5H2,1H3. The van der Waals surface area contributed by atoms with Crippen molar-refractivity contribution in [3.05, 3.63) is 36.3 Å². The van der Waals surface area contributed by atoms with Gasteiger partial charge in [-0.05, 0) is 12.5 Å². The second-order valence-electron chi connectivity index (χ2n) is 3.54. The molecule has 0 atom stereocenters. The molecule has 2 heterocycles. The molecule has 0 aliphatic carbocycles. The summed E-state index contributed by atoms with van der Waals surface area (Å²) in [5.74, 6) is 1.03. The molecule has 0 unspecified atom stereocenters. The fourth-order valence-corrected chi connectivity index (χ4v) is 1.40. The zero-order valence-corrected chi connectivity index (χ0v) is 9.50. The molecule has 0 aromatic carbocycles. The topological polar surface area (TPSA) is 63.7 Å². The van der Waals surface area contributed by atoms with Gasteiger partial charge in [-0.25, -0.2) is 4.98 Å². The first-order valence-corrected chi connectivity index (χ1v) is 5.38. The van der Waals surface area contributed by atoms with Crippen molar-refractivity contribution in [2.75, 3.05) is 0 Å². The Labute approximate surface area is 99.3 Å². The van der Waals surface area contributed by atoms with Gasteiger partial charge in [-0.15, -0.1) is 0 Å². The van der Waals surface area contributed by atoms with Gasteiger partial charge in [0.05, 0.1) is 24.0 Å². The monoisotopic (exact) mass is 228 g/mol. The molecule has 0 amide bonds. The van der Waals surface area contributed by atoms with Crippen LogP contribution in [0.4, 0.5) is 0 Å². The van der Waals surface area contributed by atoms with Crippen LogP contribution < -0.4 is 4.74 Å². The highest BCUT2D eigenvalue weighted by molar-refractivity contribution is 5.33. The maximum Gasteiger partial charge on any atom is 0.220 e. The van der Waals surface area contributed by atoms with Crippen molar-refractivity contribution in [3.63, 3.8) is 0 Å². The van der Waals surface area contributed by atoms with E-state index >= 15 is 0 Å². The highest BCUT2D eigenvalue weighted by atomic mass is 16.5. The van der Waals surface area contributed by atoms with Gasteiger partial charge in [-0.3, -0.25) is 4.68 Å². The highest BCUT2D eigenvalue weighted by Crippen LogP contribution is 2.18. The molecule has 5 nitrogen and oxygen atoms in total. The lowest BCUT2D eigenvalue weighted by Crippen LogP contribution is -1.95. The number of pyridine rings is 1. The van der Waals surface area contributed by atoms with E-state index in [4.69, 9.17) is 10.00 Å². The molecule has 0 radical (unpaired) electrons. The first-order valence-electron chi connectivity index (χ1n) is 5.38. The van der Waals surface area contributed by atoms with Gasteiger partial charge in [0.1, 0.15) is 0 Å². The van der Waals surface area contributed by atoms with Crippen LogP contribution in [0.25, 0.3) is 0 Å².